The number of aromatic nitrogens is 3. The smallest absolute Gasteiger partial charge is 0.374 e. The number of hydrogen-bond acceptors (Lipinski definition) is 5. The van der Waals surface area contributed by atoms with Crippen LogP contribution in [0.25, 0.3) is 28.0 Å². The van der Waals surface area contributed by atoms with Gasteiger partial charge >= 0.3 is 11.9 Å². The summed E-state index contributed by atoms with van der Waals surface area (Å²) in [5.74, 6) is -0.288. The zero-order valence-corrected chi connectivity index (χ0v) is 24.8. The molecule has 0 radical (unpaired) electrons. The Morgan fingerprint density at radius 2 is 1.93 bits per heavy atom. The van der Waals surface area contributed by atoms with Crippen LogP contribution in [0.5, 0.6) is 0 Å². The van der Waals surface area contributed by atoms with Crippen LogP contribution in [0.15, 0.2) is 66.1 Å². The lowest BCUT2D eigenvalue weighted by atomic mass is 10.0. The fraction of sp³-hybridized carbons (Fsp3) is 0.323. The van der Waals surface area contributed by atoms with Gasteiger partial charge in [-0.3, -0.25) is 9.98 Å². The number of amidine groups is 1. The second-order valence-corrected chi connectivity index (χ2v) is 11.0. The summed E-state index contributed by atoms with van der Waals surface area (Å²) < 4.78 is 54.7. The molecule has 4 rings (SSSR count). The molecule has 0 saturated carbocycles. The van der Waals surface area contributed by atoms with Crippen LogP contribution in [0.2, 0.25) is 5.02 Å². The SMILES string of the molecule is C=CC(CCNC(C)=N)NCc1ccc(-n2cc3cc(-c4cc(CCC[C@@H](N)C(F)(F)F)cc(Cl)c4F)[nH]c3nc2=O)cc1. The lowest BCUT2D eigenvalue weighted by molar-refractivity contribution is -0.149. The highest BCUT2D eigenvalue weighted by Crippen LogP contribution is 2.32. The average Bonchev–Trinajstić information content (AvgIpc) is 3.38. The first kappa shape index (κ1) is 32.9. The molecule has 2 aromatic heterocycles. The molecule has 4 aromatic rings. The number of H-pyrrole nitrogens is 1. The lowest BCUT2D eigenvalue weighted by Gasteiger charge is -2.15. The third kappa shape index (κ3) is 8.34. The highest BCUT2D eigenvalue weighted by Gasteiger charge is 2.35. The van der Waals surface area contributed by atoms with E-state index < -0.39 is 23.7 Å². The van der Waals surface area contributed by atoms with Crippen molar-refractivity contribution in [3.63, 3.8) is 0 Å². The number of rotatable bonds is 13. The highest BCUT2D eigenvalue weighted by molar-refractivity contribution is 6.31. The maximum Gasteiger partial charge on any atom is 0.403 e. The van der Waals surface area contributed by atoms with Crippen molar-refractivity contribution in [1.29, 1.82) is 5.41 Å². The maximum absolute atomic E-state index is 15.1. The van der Waals surface area contributed by atoms with Crippen LogP contribution in [-0.2, 0) is 13.0 Å². The molecule has 2 atom stereocenters. The predicted molar refractivity (Wildman–Crippen MR) is 166 cm³/mol. The van der Waals surface area contributed by atoms with Crippen LogP contribution < -0.4 is 22.1 Å². The summed E-state index contributed by atoms with van der Waals surface area (Å²) in [6.45, 7) is 6.79. The van der Waals surface area contributed by atoms with Crippen LogP contribution in [-0.4, -0.2) is 45.2 Å². The average molecular weight is 632 g/mol. The number of halogens is 5. The molecular formula is C31H34ClF4N7O. The number of nitrogens with zero attached hydrogens (tertiary/aromatic N) is 2. The van der Waals surface area contributed by atoms with E-state index in [2.05, 4.69) is 27.2 Å². The zero-order valence-electron chi connectivity index (χ0n) is 24.1. The molecule has 0 aliphatic rings. The van der Waals surface area contributed by atoms with Gasteiger partial charge in [-0.15, -0.1) is 6.58 Å². The van der Waals surface area contributed by atoms with E-state index in [1.165, 1.54) is 16.7 Å². The number of benzene rings is 2. The highest BCUT2D eigenvalue weighted by atomic mass is 35.5. The number of aromatic amines is 1. The van der Waals surface area contributed by atoms with E-state index in [0.717, 1.165) is 12.0 Å². The molecule has 0 spiro atoms. The molecular weight excluding hydrogens is 598 g/mol. The normalized spacial score (nSPS) is 13.2. The minimum Gasteiger partial charge on any atom is -0.374 e. The van der Waals surface area contributed by atoms with Crippen molar-refractivity contribution in [2.75, 3.05) is 6.54 Å². The van der Waals surface area contributed by atoms with Crippen molar-refractivity contribution in [2.24, 2.45) is 5.73 Å². The largest absolute Gasteiger partial charge is 0.403 e. The van der Waals surface area contributed by atoms with Gasteiger partial charge in [0.25, 0.3) is 0 Å². The molecule has 0 aliphatic carbocycles. The number of nitrogens with one attached hydrogen (secondary N) is 4. The van der Waals surface area contributed by atoms with E-state index in [1.54, 1.807) is 31.3 Å². The number of nitrogens with two attached hydrogens (primary N) is 1. The summed E-state index contributed by atoms with van der Waals surface area (Å²) in [7, 11) is 0. The van der Waals surface area contributed by atoms with Gasteiger partial charge in [0.2, 0.25) is 0 Å². The summed E-state index contributed by atoms with van der Waals surface area (Å²) in [6, 6.07) is 10.1. The number of hydrogen-bond donors (Lipinski definition) is 5. The Labute approximate surface area is 256 Å². The van der Waals surface area contributed by atoms with Crippen molar-refractivity contribution >= 4 is 28.5 Å². The van der Waals surface area contributed by atoms with Gasteiger partial charge in [0, 0.05) is 36.3 Å². The summed E-state index contributed by atoms with van der Waals surface area (Å²) in [4.78, 5) is 20.0. The second kappa shape index (κ2) is 14.2. The fourth-order valence-corrected chi connectivity index (χ4v) is 4.98. The van der Waals surface area contributed by atoms with Gasteiger partial charge in [-0.25, -0.2) is 9.18 Å². The molecule has 13 heteroatoms. The first-order chi connectivity index (χ1) is 20.8. The Bertz CT molecular complexity index is 1680. The first-order valence-electron chi connectivity index (χ1n) is 14.0. The Morgan fingerprint density at radius 1 is 1.20 bits per heavy atom. The van der Waals surface area contributed by atoms with E-state index in [0.29, 0.717) is 41.3 Å². The van der Waals surface area contributed by atoms with Crippen LogP contribution in [0.4, 0.5) is 17.6 Å². The summed E-state index contributed by atoms with van der Waals surface area (Å²) in [5, 5.41) is 14.2. The molecule has 0 saturated heterocycles. The van der Waals surface area contributed by atoms with Crippen molar-refractivity contribution in [3.05, 3.63) is 93.8 Å². The van der Waals surface area contributed by atoms with Crippen molar-refractivity contribution < 1.29 is 17.6 Å². The van der Waals surface area contributed by atoms with Crippen LogP contribution >= 0.6 is 11.6 Å². The standard InChI is InChI=1S/C31H34ClF4N7O/c1-3-22(11-12-39-18(2)37)40-16-19-7-9-23(10-8-19)43-17-21-15-26(41-29(21)42-30(43)44)24-13-20(14-25(32)28(24)33)5-4-6-27(38)31(34,35)36/h3,7-10,13-15,17,22,27,40H,1,4-6,11-12,16,38H2,2H3,(H2,37,39)(H,41,42,44)/t22?,27-/m1/s1. The third-order valence-electron chi connectivity index (χ3n) is 7.20. The molecule has 0 fully saturated rings. The van der Waals surface area contributed by atoms with Crippen LogP contribution in [0.1, 0.15) is 37.3 Å². The van der Waals surface area contributed by atoms with Gasteiger partial charge in [-0.1, -0.05) is 29.8 Å². The molecule has 6 N–H and O–H groups in total. The monoisotopic (exact) mass is 631 g/mol. The van der Waals surface area contributed by atoms with E-state index in [-0.39, 0.29) is 41.5 Å². The molecule has 8 nitrogen and oxygen atoms in total. The first-order valence-corrected chi connectivity index (χ1v) is 14.4. The predicted octanol–water partition coefficient (Wildman–Crippen LogP) is 6.01. The molecule has 0 amide bonds. The second-order valence-electron chi connectivity index (χ2n) is 10.6. The molecule has 0 bridgehead atoms. The van der Waals surface area contributed by atoms with Gasteiger partial charge in [-0.05, 0) is 74.1 Å². The van der Waals surface area contributed by atoms with Gasteiger partial charge in [0.1, 0.15) is 11.7 Å². The number of alkyl halides is 3. The number of fused-ring (bicyclic) bond motifs is 1. The van der Waals surface area contributed by atoms with E-state index in [9.17, 15) is 18.0 Å². The Balaban J connectivity index is 1.50. The van der Waals surface area contributed by atoms with E-state index >= 15 is 4.39 Å². The molecule has 2 heterocycles. The summed E-state index contributed by atoms with van der Waals surface area (Å²) >= 11 is 6.12. The molecule has 1 unspecified atom stereocenters. The lowest BCUT2D eigenvalue weighted by Crippen LogP contribution is -2.37. The van der Waals surface area contributed by atoms with Crippen LogP contribution in [0, 0.1) is 11.2 Å². The Morgan fingerprint density at radius 3 is 2.59 bits per heavy atom. The number of aryl methyl sites for hydroxylation is 1. The van der Waals surface area contributed by atoms with Crippen molar-refractivity contribution in [3.8, 4) is 16.9 Å². The van der Waals surface area contributed by atoms with Crippen LogP contribution in [0.3, 0.4) is 0 Å². The molecule has 44 heavy (non-hydrogen) atoms. The summed E-state index contributed by atoms with van der Waals surface area (Å²) in [5.41, 5.74) is 7.49. The third-order valence-corrected chi connectivity index (χ3v) is 7.48. The maximum atomic E-state index is 15.1. The minimum atomic E-state index is -4.48. The Kier molecular flexibility index (Phi) is 10.6. The minimum absolute atomic E-state index is 0.0617. The molecule has 2 aromatic carbocycles. The van der Waals surface area contributed by atoms with E-state index in [1.807, 2.05) is 18.2 Å². The van der Waals surface area contributed by atoms with Gasteiger partial charge in [0.15, 0.2) is 5.82 Å². The fourth-order valence-electron chi connectivity index (χ4n) is 4.74. The molecule has 234 valence electrons. The van der Waals surface area contributed by atoms with Crippen molar-refractivity contribution in [1.82, 2.24) is 25.2 Å². The zero-order chi connectivity index (χ0) is 32.0. The quantitative estimate of drug-likeness (QED) is 0.0535. The van der Waals surface area contributed by atoms with E-state index in [4.69, 9.17) is 22.7 Å². The molecule has 0 aliphatic heterocycles. The topological polar surface area (TPSA) is 125 Å². The Hall–Kier alpha value is -4.00. The van der Waals surface area contributed by atoms with Crippen molar-refractivity contribution in [2.45, 2.75) is 57.4 Å². The van der Waals surface area contributed by atoms with Gasteiger partial charge in [0.05, 0.1) is 22.2 Å². The van der Waals surface area contributed by atoms with Gasteiger partial charge in [-0.2, -0.15) is 18.2 Å². The summed E-state index contributed by atoms with van der Waals surface area (Å²) in [6.07, 6.45) is -0.184. The van der Waals surface area contributed by atoms with Gasteiger partial charge < -0.3 is 21.4 Å².